The number of aliphatic hydroxyl groups excluding tert-OH is 1. The Hall–Kier alpha value is -2.10. The van der Waals surface area contributed by atoms with Gasteiger partial charge in [0.05, 0.1) is 11.1 Å². The van der Waals surface area contributed by atoms with Crippen LogP contribution in [0.1, 0.15) is 34.2 Å². The average Bonchev–Trinajstić information content (AvgIpc) is 3.01. The summed E-state index contributed by atoms with van der Waals surface area (Å²) < 4.78 is 2.01. The summed E-state index contributed by atoms with van der Waals surface area (Å²) in [5.41, 5.74) is 0.658. The maximum absolute atomic E-state index is 12.2. The first-order chi connectivity index (χ1) is 9.78. The highest BCUT2D eigenvalue weighted by Crippen LogP contribution is 2.36. The summed E-state index contributed by atoms with van der Waals surface area (Å²) >= 11 is 1.29. The minimum Gasteiger partial charge on any atom is -0.384 e. The van der Waals surface area contributed by atoms with Gasteiger partial charge in [0.2, 0.25) is 0 Å². The molecule has 0 saturated heterocycles. The summed E-state index contributed by atoms with van der Waals surface area (Å²) in [5.74, 6) is 5.16. The molecule has 0 aromatic carbocycles. The molecule has 20 heavy (non-hydrogen) atoms. The number of aliphatic hydroxyl groups is 1. The molecule has 3 rings (SSSR count). The van der Waals surface area contributed by atoms with Gasteiger partial charge in [0.15, 0.2) is 5.13 Å². The first kappa shape index (κ1) is 12.9. The molecule has 5 nitrogen and oxygen atoms in total. The van der Waals surface area contributed by atoms with Crippen LogP contribution in [-0.4, -0.2) is 27.2 Å². The minimum atomic E-state index is -0.186. The van der Waals surface area contributed by atoms with Crippen molar-refractivity contribution in [1.29, 1.82) is 0 Å². The van der Waals surface area contributed by atoms with Gasteiger partial charge in [0, 0.05) is 12.2 Å². The van der Waals surface area contributed by atoms with E-state index in [1.165, 1.54) is 11.3 Å². The fourth-order valence-electron chi connectivity index (χ4n) is 1.93. The van der Waals surface area contributed by atoms with Gasteiger partial charge in [-0.15, -0.1) is 0 Å². The van der Waals surface area contributed by atoms with Crippen LogP contribution in [0.3, 0.4) is 0 Å². The lowest BCUT2D eigenvalue weighted by molar-refractivity contribution is 0.101. The molecule has 2 heterocycles. The van der Waals surface area contributed by atoms with Crippen LogP contribution >= 0.6 is 11.3 Å². The zero-order chi connectivity index (χ0) is 13.9. The van der Waals surface area contributed by atoms with Gasteiger partial charge in [-0.3, -0.25) is 10.1 Å². The number of hydrogen-bond acceptors (Lipinski definition) is 4. The predicted molar refractivity (Wildman–Crippen MR) is 76.7 cm³/mol. The fourth-order valence-corrected chi connectivity index (χ4v) is 2.62. The van der Waals surface area contributed by atoms with E-state index in [2.05, 4.69) is 22.1 Å². The Balaban J connectivity index is 1.72. The summed E-state index contributed by atoms with van der Waals surface area (Å²) in [6.45, 7) is -0.186. The highest BCUT2D eigenvalue weighted by Gasteiger charge is 2.26. The lowest BCUT2D eigenvalue weighted by Crippen LogP contribution is -2.16. The zero-order valence-electron chi connectivity index (χ0n) is 10.7. The molecule has 1 aliphatic rings. The van der Waals surface area contributed by atoms with Crippen LogP contribution in [0.25, 0.3) is 0 Å². The van der Waals surface area contributed by atoms with Gasteiger partial charge in [0.1, 0.15) is 12.3 Å². The number of carbonyl (C=O) groups excluding carboxylic acids is 1. The van der Waals surface area contributed by atoms with Gasteiger partial charge in [-0.25, -0.2) is 4.98 Å². The first-order valence-electron chi connectivity index (χ1n) is 6.31. The van der Waals surface area contributed by atoms with Crippen LogP contribution in [0.4, 0.5) is 5.13 Å². The van der Waals surface area contributed by atoms with E-state index in [-0.39, 0.29) is 12.5 Å². The SMILES string of the molecule is O=C(Nc1ncc(C#CCO)s1)c1cccn1C1CC1. The number of aromatic nitrogens is 2. The Kier molecular flexibility index (Phi) is 3.54. The predicted octanol–water partition coefficient (Wildman–Crippen LogP) is 1.88. The molecule has 0 bridgehead atoms. The molecule has 1 fully saturated rings. The maximum atomic E-state index is 12.2. The van der Waals surface area contributed by atoms with Crippen LogP contribution in [0, 0.1) is 11.8 Å². The van der Waals surface area contributed by atoms with Crippen molar-refractivity contribution in [2.45, 2.75) is 18.9 Å². The quantitative estimate of drug-likeness (QED) is 0.847. The Labute approximate surface area is 120 Å². The monoisotopic (exact) mass is 287 g/mol. The number of hydrogen-bond donors (Lipinski definition) is 2. The molecule has 0 aliphatic heterocycles. The molecule has 0 radical (unpaired) electrons. The smallest absolute Gasteiger partial charge is 0.274 e. The Bertz CT molecular complexity index is 689. The maximum Gasteiger partial charge on any atom is 0.274 e. The molecule has 2 aromatic heterocycles. The largest absolute Gasteiger partial charge is 0.384 e. The van der Waals surface area contributed by atoms with Gasteiger partial charge < -0.3 is 9.67 Å². The van der Waals surface area contributed by atoms with Crippen molar-refractivity contribution in [3.8, 4) is 11.8 Å². The van der Waals surface area contributed by atoms with E-state index in [1.54, 1.807) is 6.20 Å². The first-order valence-corrected chi connectivity index (χ1v) is 7.13. The molecule has 1 aliphatic carbocycles. The second-order valence-corrected chi connectivity index (χ2v) is 5.51. The molecule has 1 amide bonds. The molecule has 1 saturated carbocycles. The van der Waals surface area contributed by atoms with Crippen LogP contribution in [0.5, 0.6) is 0 Å². The topological polar surface area (TPSA) is 67.2 Å². The van der Waals surface area contributed by atoms with E-state index in [1.807, 2.05) is 22.9 Å². The molecule has 6 heteroatoms. The van der Waals surface area contributed by atoms with Gasteiger partial charge in [-0.1, -0.05) is 23.2 Å². The number of thiazole rings is 1. The Morgan fingerprint density at radius 3 is 3.20 bits per heavy atom. The van der Waals surface area contributed by atoms with Crippen LogP contribution < -0.4 is 5.32 Å². The van der Waals surface area contributed by atoms with Crippen molar-refractivity contribution in [1.82, 2.24) is 9.55 Å². The Morgan fingerprint density at radius 1 is 1.60 bits per heavy atom. The van der Waals surface area contributed by atoms with Gasteiger partial charge >= 0.3 is 0 Å². The van der Waals surface area contributed by atoms with Crippen molar-refractivity contribution in [3.63, 3.8) is 0 Å². The third-order valence-corrected chi connectivity index (χ3v) is 3.80. The second-order valence-electron chi connectivity index (χ2n) is 4.48. The van der Waals surface area contributed by atoms with Crippen LogP contribution in [0.15, 0.2) is 24.5 Å². The van der Waals surface area contributed by atoms with E-state index >= 15 is 0 Å². The number of nitrogens with zero attached hydrogens (tertiary/aromatic N) is 2. The van der Waals surface area contributed by atoms with Crippen LogP contribution in [0.2, 0.25) is 0 Å². The molecule has 102 valence electrons. The van der Waals surface area contributed by atoms with Gasteiger partial charge in [-0.05, 0) is 25.0 Å². The van der Waals surface area contributed by atoms with Crippen molar-refractivity contribution >= 4 is 22.4 Å². The molecule has 2 aromatic rings. The molecule has 2 N–H and O–H groups in total. The molecule has 0 unspecified atom stereocenters. The van der Waals surface area contributed by atoms with E-state index in [4.69, 9.17) is 5.11 Å². The normalized spacial score (nSPS) is 13.7. The molecule has 0 spiro atoms. The second kappa shape index (κ2) is 5.49. The summed E-state index contributed by atoms with van der Waals surface area (Å²) in [4.78, 5) is 17.0. The highest BCUT2D eigenvalue weighted by molar-refractivity contribution is 7.16. The lowest BCUT2D eigenvalue weighted by Gasteiger charge is -2.06. The fraction of sp³-hybridized carbons (Fsp3) is 0.286. The average molecular weight is 287 g/mol. The molecular formula is C14H13N3O2S. The Morgan fingerprint density at radius 2 is 2.45 bits per heavy atom. The van der Waals surface area contributed by atoms with Crippen molar-refractivity contribution in [2.75, 3.05) is 11.9 Å². The van der Waals surface area contributed by atoms with E-state index in [0.29, 0.717) is 21.7 Å². The van der Waals surface area contributed by atoms with Crippen molar-refractivity contribution in [3.05, 3.63) is 35.1 Å². The van der Waals surface area contributed by atoms with Crippen LogP contribution in [-0.2, 0) is 0 Å². The summed E-state index contributed by atoms with van der Waals surface area (Å²) in [6, 6.07) is 4.16. The number of carbonyl (C=O) groups is 1. The standard InChI is InChI=1S/C14H13N3O2S/c18-8-2-3-11-9-15-14(20-11)16-13(19)12-4-1-7-17(12)10-5-6-10/h1,4,7,9-10,18H,5-6,8H2,(H,15,16,19). The molecule has 0 atom stereocenters. The summed E-state index contributed by atoms with van der Waals surface area (Å²) in [5, 5.41) is 11.9. The number of anilines is 1. The molecular weight excluding hydrogens is 274 g/mol. The van der Waals surface area contributed by atoms with E-state index < -0.39 is 0 Å². The summed E-state index contributed by atoms with van der Waals surface area (Å²) in [6.07, 6.45) is 5.79. The highest BCUT2D eigenvalue weighted by atomic mass is 32.1. The number of amides is 1. The van der Waals surface area contributed by atoms with E-state index in [9.17, 15) is 4.79 Å². The van der Waals surface area contributed by atoms with Crippen molar-refractivity contribution < 1.29 is 9.90 Å². The van der Waals surface area contributed by atoms with Crippen molar-refractivity contribution in [2.24, 2.45) is 0 Å². The van der Waals surface area contributed by atoms with E-state index in [0.717, 1.165) is 12.8 Å². The third-order valence-electron chi connectivity index (χ3n) is 2.97. The number of rotatable bonds is 3. The summed E-state index contributed by atoms with van der Waals surface area (Å²) in [7, 11) is 0. The van der Waals surface area contributed by atoms with Gasteiger partial charge in [0.25, 0.3) is 5.91 Å². The minimum absolute atomic E-state index is 0.155. The lowest BCUT2D eigenvalue weighted by atomic mass is 10.4. The zero-order valence-corrected chi connectivity index (χ0v) is 11.5. The third kappa shape index (κ3) is 2.74. The van der Waals surface area contributed by atoms with Gasteiger partial charge in [-0.2, -0.15) is 0 Å². The number of nitrogens with one attached hydrogen (secondary N) is 1.